The molecule has 0 bridgehead atoms. The van der Waals surface area contributed by atoms with Gasteiger partial charge >= 0.3 is 0 Å². The van der Waals surface area contributed by atoms with E-state index in [0.29, 0.717) is 6.42 Å². The number of hydrogen-bond acceptors (Lipinski definition) is 4. The molecule has 3 atom stereocenters. The molecule has 6 heteroatoms. The van der Waals surface area contributed by atoms with Crippen LogP contribution in [0.15, 0.2) is 29.2 Å². The fourth-order valence-electron chi connectivity index (χ4n) is 2.62. The van der Waals surface area contributed by atoms with Gasteiger partial charge in [-0.3, -0.25) is 14.3 Å². The fraction of sp³-hybridized carbons (Fsp3) is 0.500. The quantitative estimate of drug-likeness (QED) is 0.486. The van der Waals surface area contributed by atoms with E-state index in [0.717, 1.165) is 25.7 Å². The summed E-state index contributed by atoms with van der Waals surface area (Å²) in [6.45, 7) is 0. The minimum Gasteiger partial charge on any atom is -0.258 e. The molecule has 1 aliphatic rings. The van der Waals surface area contributed by atoms with Crippen LogP contribution in [0, 0.1) is 27.4 Å². The molecule has 0 amide bonds. The monoisotopic (exact) mass is 292 g/mol. The third kappa shape index (κ3) is 3.05. The van der Waals surface area contributed by atoms with Crippen molar-refractivity contribution in [2.45, 2.75) is 42.2 Å². The van der Waals surface area contributed by atoms with Gasteiger partial charge in [0.1, 0.15) is 4.90 Å². The van der Waals surface area contributed by atoms with Crippen molar-refractivity contribution in [3.05, 3.63) is 34.4 Å². The summed E-state index contributed by atoms with van der Waals surface area (Å²) < 4.78 is 12.7. The van der Waals surface area contributed by atoms with E-state index in [4.69, 9.17) is 0 Å². The molecule has 0 aromatic heterocycles. The number of benzene rings is 1. The van der Waals surface area contributed by atoms with Crippen LogP contribution < -0.4 is 0 Å². The normalized spacial score (nSPS) is 24.4. The molecule has 1 aliphatic carbocycles. The van der Waals surface area contributed by atoms with Crippen LogP contribution in [0.1, 0.15) is 32.1 Å². The van der Waals surface area contributed by atoms with Crippen molar-refractivity contribution in [2.24, 2.45) is 5.92 Å². The number of nitro benzene ring substituents is 1. The maximum absolute atomic E-state index is 12.7. The summed E-state index contributed by atoms with van der Waals surface area (Å²) >= 11 is 0. The minimum absolute atomic E-state index is 0.119. The first kappa shape index (κ1) is 14.7. The lowest BCUT2D eigenvalue weighted by Crippen LogP contribution is -2.24. The van der Waals surface area contributed by atoms with Gasteiger partial charge in [-0.05, 0) is 18.9 Å². The number of nitriles is 1. The van der Waals surface area contributed by atoms with Gasteiger partial charge in [0.25, 0.3) is 5.69 Å². The van der Waals surface area contributed by atoms with Gasteiger partial charge in [-0.2, -0.15) is 5.26 Å². The molecule has 20 heavy (non-hydrogen) atoms. The highest BCUT2D eigenvalue weighted by Crippen LogP contribution is 2.32. The molecule has 0 heterocycles. The van der Waals surface area contributed by atoms with Gasteiger partial charge in [0, 0.05) is 6.07 Å². The molecule has 1 aromatic carbocycles. The number of nitrogens with zero attached hydrogens (tertiary/aromatic N) is 2. The molecule has 106 valence electrons. The molecule has 0 N–H and O–H groups in total. The van der Waals surface area contributed by atoms with Crippen LogP contribution in [-0.2, 0) is 10.8 Å². The van der Waals surface area contributed by atoms with Crippen molar-refractivity contribution in [1.29, 1.82) is 5.26 Å². The summed E-state index contributed by atoms with van der Waals surface area (Å²) in [6, 6.07) is 8.35. The topological polar surface area (TPSA) is 84.0 Å². The highest BCUT2D eigenvalue weighted by Gasteiger charge is 2.32. The molecular weight excluding hydrogens is 276 g/mol. The van der Waals surface area contributed by atoms with Gasteiger partial charge in [-0.1, -0.05) is 31.4 Å². The standard InChI is InChI=1S/C14H16N2O3S/c15-10-11-6-2-1-3-8-13(11)20(19)14-9-5-4-7-12(14)16(17)18/h4-5,7,9,11,13H,1-3,6,8H2. The van der Waals surface area contributed by atoms with Crippen LogP contribution >= 0.6 is 0 Å². The molecule has 0 radical (unpaired) electrons. The Kier molecular flexibility index (Phi) is 4.85. The number of hydrogen-bond donors (Lipinski definition) is 0. The lowest BCUT2D eigenvalue weighted by atomic mass is 10.0. The maximum Gasteiger partial charge on any atom is 0.285 e. The van der Waals surface area contributed by atoms with E-state index in [1.165, 1.54) is 12.1 Å². The van der Waals surface area contributed by atoms with Crippen molar-refractivity contribution < 1.29 is 9.13 Å². The molecule has 1 aromatic rings. The molecule has 3 unspecified atom stereocenters. The number of nitro groups is 1. The Balaban J connectivity index is 2.34. The Morgan fingerprint density at radius 1 is 1.25 bits per heavy atom. The van der Waals surface area contributed by atoms with Gasteiger partial charge in [-0.25, -0.2) is 0 Å². The smallest absolute Gasteiger partial charge is 0.258 e. The van der Waals surface area contributed by atoms with Crippen LogP contribution in [0.25, 0.3) is 0 Å². The number of para-hydroxylation sites is 1. The molecule has 0 spiro atoms. The second kappa shape index (κ2) is 6.62. The van der Waals surface area contributed by atoms with E-state index in [-0.39, 0.29) is 21.8 Å². The van der Waals surface area contributed by atoms with E-state index >= 15 is 0 Å². The first-order valence-electron chi connectivity index (χ1n) is 6.68. The van der Waals surface area contributed by atoms with Gasteiger partial charge in [0.15, 0.2) is 0 Å². The Labute approximate surface area is 120 Å². The van der Waals surface area contributed by atoms with E-state index in [9.17, 15) is 19.6 Å². The number of rotatable bonds is 3. The molecule has 0 aliphatic heterocycles. The maximum atomic E-state index is 12.7. The molecule has 1 fully saturated rings. The van der Waals surface area contributed by atoms with Crippen molar-refractivity contribution in [3.63, 3.8) is 0 Å². The summed E-state index contributed by atoms with van der Waals surface area (Å²) in [7, 11) is -1.51. The third-order valence-corrected chi connectivity index (χ3v) is 5.56. The second-order valence-electron chi connectivity index (χ2n) is 4.93. The molecule has 2 rings (SSSR count). The van der Waals surface area contributed by atoms with Gasteiger partial charge in [-0.15, -0.1) is 0 Å². The van der Waals surface area contributed by atoms with Gasteiger partial charge < -0.3 is 0 Å². The van der Waals surface area contributed by atoms with Gasteiger partial charge in [0.2, 0.25) is 0 Å². The van der Waals surface area contributed by atoms with E-state index < -0.39 is 15.7 Å². The Bertz CT molecular complexity index is 568. The second-order valence-corrected chi connectivity index (χ2v) is 6.57. The molecule has 0 saturated heterocycles. The van der Waals surface area contributed by atoms with Crippen LogP contribution in [-0.4, -0.2) is 14.4 Å². The highest BCUT2D eigenvalue weighted by molar-refractivity contribution is 7.85. The largest absolute Gasteiger partial charge is 0.285 e. The zero-order valence-electron chi connectivity index (χ0n) is 11.0. The van der Waals surface area contributed by atoms with Crippen LogP contribution in [0.5, 0.6) is 0 Å². The lowest BCUT2D eigenvalue weighted by molar-refractivity contribution is -0.387. The summed E-state index contributed by atoms with van der Waals surface area (Å²) in [4.78, 5) is 10.8. The average Bonchev–Trinajstić information content (AvgIpc) is 2.71. The predicted molar refractivity (Wildman–Crippen MR) is 75.5 cm³/mol. The molecular formula is C14H16N2O3S. The average molecular weight is 292 g/mol. The Morgan fingerprint density at radius 2 is 1.95 bits per heavy atom. The Morgan fingerprint density at radius 3 is 2.65 bits per heavy atom. The molecule has 1 saturated carbocycles. The summed E-state index contributed by atoms with van der Waals surface area (Å²) in [5.41, 5.74) is -0.119. The Hall–Kier alpha value is -1.74. The first-order chi connectivity index (χ1) is 9.65. The van der Waals surface area contributed by atoms with Crippen molar-refractivity contribution in [2.75, 3.05) is 0 Å². The highest BCUT2D eigenvalue weighted by atomic mass is 32.2. The zero-order chi connectivity index (χ0) is 14.5. The first-order valence-corrected chi connectivity index (χ1v) is 7.90. The third-order valence-electron chi connectivity index (χ3n) is 3.67. The minimum atomic E-state index is -1.51. The summed E-state index contributed by atoms with van der Waals surface area (Å²) in [6.07, 6.45) is 4.34. The lowest BCUT2D eigenvalue weighted by Gasteiger charge is -2.18. The molecule has 5 nitrogen and oxygen atoms in total. The van der Waals surface area contributed by atoms with Crippen LogP contribution in [0.3, 0.4) is 0 Å². The van der Waals surface area contributed by atoms with Crippen molar-refractivity contribution in [3.8, 4) is 6.07 Å². The van der Waals surface area contributed by atoms with E-state index in [1.807, 2.05) is 0 Å². The fourth-order valence-corrected chi connectivity index (χ4v) is 4.38. The van der Waals surface area contributed by atoms with Crippen LogP contribution in [0.2, 0.25) is 0 Å². The summed E-state index contributed by atoms with van der Waals surface area (Å²) in [5, 5.41) is 20.0. The SMILES string of the molecule is N#CC1CCCCCC1S(=O)c1ccccc1[N+](=O)[O-]. The zero-order valence-corrected chi connectivity index (χ0v) is 11.8. The van der Waals surface area contributed by atoms with Crippen molar-refractivity contribution >= 4 is 16.5 Å². The predicted octanol–water partition coefficient (Wildman–Crippen LogP) is 3.17. The summed E-state index contributed by atoms with van der Waals surface area (Å²) in [5.74, 6) is -0.279. The van der Waals surface area contributed by atoms with Crippen molar-refractivity contribution in [1.82, 2.24) is 0 Å². The van der Waals surface area contributed by atoms with Gasteiger partial charge in [0.05, 0.1) is 33.0 Å². The van der Waals surface area contributed by atoms with Crippen LogP contribution in [0.4, 0.5) is 5.69 Å². The van der Waals surface area contributed by atoms with E-state index in [2.05, 4.69) is 6.07 Å². The van der Waals surface area contributed by atoms with E-state index in [1.54, 1.807) is 12.1 Å².